The summed E-state index contributed by atoms with van der Waals surface area (Å²) in [6, 6.07) is 3.49. The maximum atomic E-state index is 11.4. The van der Waals surface area contributed by atoms with E-state index in [1.807, 2.05) is 6.92 Å². The lowest BCUT2D eigenvalue weighted by Crippen LogP contribution is -2.25. The summed E-state index contributed by atoms with van der Waals surface area (Å²) in [6.07, 6.45) is 0.935. The minimum absolute atomic E-state index is 0.00874. The highest BCUT2D eigenvalue weighted by molar-refractivity contribution is 7.99. The molecule has 94 valence electrons. The first-order chi connectivity index (χ1) is 8.17. The molecule has 17 heavy (non-hydrogen) atoms. The molecule has 0 spiro atoms. The fourth-order valence-electron chi connectivity index (χ4n) is 1.13. The van der Waals surface area contributed by atoms with Crippen LogP contribution in [0.1, 0.15) is 13.3 Å². The number of hydrogen-bond donors (Lipinski definition) is 2. The molecule has 6 heteroatoms. The number of carbonyl (C=O) groups is 1. The highest BCUT2D eigenvalue weighted by atomic mass is 32.2. The number of aromatic nitrogens is 1. The monoisotopic (exact) mass is 255 g/mol. The van der Waals surface area contributed by atoms with E-state index in [2.05, 4.69) is 10.3 Å². The maximum Gasteiger partial charge on any atom is 0.237 e. The molecule has 1 aromatic rings. The van der Waals surface area contributed by atoms with E-state index in [4.69, 9.17) is 10.5 Å². The van der Waals surface area contributed by atoms with Gasteiger partial charge < -0.3 is 15.8 Å². The number of nitrogens with two attached hydrogens (primary N) is 1. The summed E-state index contributed by atoms with van der Waals surface area (Å²) in [5, 5.41) is 3.52. The van der Waals surface area contributed by atoms with Gasteiger partial charge in [0.25, 0.3) is 0 Å². The molecule has 0 saturated carbocycles. The van der Waals surface area contributed by atoms with E-state index in [9.17, 15) is 4.79 Å². The van der Waals surface area contributed by atoms with Crippen LogP contribution in [0.2, 0.25) is 0 Å². The Morgan fingerprint density at radius 2 is 2.35 bits per heavy atom. The summed E-state index contributed by atoms with van der Waals surface area (Å²) < 4.78 is 5.01. The first kappa shape index (κ1) is 13.6. The van der Waals surface area contributed by atoms with Crippen molar-refractivity contribution in [3.8, 4) is 5.88 Å². The van der Waals surface area contributed by atoms with Crippen molar-refractivity contribution < 1.29 is 9.53 Å². The number of pyridine rings is 1. The molecule has 0 fully saturated rings. The van der Waals surface area contributed by atoms with Crippen molar-refractivity contribution in [3.63, 3.8) is 0 Å². The molecule has 0 radical (unpaired) electrons. The number of carbonyl (C=O) groups excluding carboxylic acids is 1. The third-order valence-electron chi connectivity index (χ3n) is 1.98. The van der Waals surface area contributed by atoms with Crippen molar-refractivity contribution in [1.82, 2.24) is 10.3 Å². The average molecular weight is 255 g/mol. The number of hydrogen-bond acceptors (Lipinski definition) is 5. The summed E-state index contributed by atoms with van der Waals surface area (Å²) in [4.78, 5) is 15.6. The van der Waals surface area contributed by atoms with Crippen molar-refractivity contribution in [2.45, 2.75) is 18.4 Å². The van der Waals surface area contributed by atoms with E-state index in [1.165, 1.54) is 18.9 Å². The predicted molar refractivity (Wildman–Crippen MR) is 69.2 cm³/mol. The molecule has 3 N–H and O–H groups in total. The smallest absolute Gasteiger partial charge is 0.237 e. The van der Waals surface area contributed by atoms with Crippen LogP contribution in [-0.2, 0) is 4.79 Å². The number of thioether (sulfide) groups is 1. The topological polar surface area (TPSA) is 77.2 Å². The van der Waals surface area contributed by atoms with Crippen molar-refractivity contribution in [3.05, 3.63) is 12.1 Å². The van der Waals surface area contributed by atoms with Gasteiger partial charge in [-0.3, -0.25) is 4.79 Å². The molecular formula is C11H17N3O2S. The molecule has 0 atom stereocenters. The van der Waals surface area contributed by atoms with E-state index in [0.717, 1.165) is 11.4 Å². The molecule has 0 aliphatic rings. The van der Waals surface area contributed by atoms with Gasteiger partial charge in [0, 0.05) is 6.54 Å². The second kappa shape index (κ2) is 7.01. The highest BCUT2D eigenvalue weighted by Crippen LogP contribution is 2.23. The third kappa shape index (κ3) is 4.52. The standard InChI is InChI=1S/C11H17N3O2S/c1-3-6-13-9(15)7-17-10-5-4-8(12)11(14-10)16-2/h4-5H,3,6-7,12H2,1-2H3,(H,13,15). The van der Waals surface area contributed by atoms with Gasteiger partial charge in [0.1, 0.15) is 5.03 Å². The summed E-state index contributed by atoms with van der Waals surface area (Å²) >= 11 is 1.36. The molecule has 1 amide bonds. The Bertz CT molecular complexity index is 385. The molecule has 0 bridgehead atoms. The van der Waals surface area contributed by atoms with Crippen LogP contribution in [0.25, 0.3) is 0 Å². The fourth-order valence-corrected chi connectivity index (χ4v) is 1.83. The van der Waals surface area contributed by atoms with E-state index >= 15 is 0 Å². The Kier molecular flexibility index (Phi) is 5.62. The van der Waals surface area contributed by atoms with Crippen LogP contribution in [0, 0.1) is 0 Å². The van der Waals surface area contributed by atoms with E-state index in [-0.39, 0.29) is 5.91 Å². The Morgan fingerprint density at radius 1 is 1.59 bits per heavy atom. The first-order valence-corrected chi connectivity index (χ1v) is 6.36. The van der Waals surface area contributed by atoms with Gasteiger partial charge in [-0.1, -0.05) is 18.7 Å². The molecule has 0 aliphatic carbocycles. The minimum atomic E-state index is 0.00874. The number of nitrogens with zero attached hydrogens (tertiary/aromatic N) is 1. The molecule has 1 heterocycles. The molecule has 0 saturated heterocycles. The second-order valence-corrected chi connectivity index (χ2v) is 4.38. The third-order valence-corrected chi connectivity index (χ3v) is 2.91. The Morgan fingerprint density at radius 3 is 3.00 bits per heavy atom. The van der Waals surface area contributed by atoms with Crippen LogP contribution >= 0.6 is 11.8 Å². The van der Waals surface area contributed by atoms with Crippen LogP contribution < -0.4 is 15.8 Å². The Hall–Kier alpha value is -1.43. The number of nitrogen functional groups attached to an aromatic ring is 1. The molecule has 0 unspecified atom stereocenters. The van der Waals surface area contributed by atoms with Crippen molar-refractivity contribution in [2.75, 3.05) is 25.1 Å². The lowest BCUT2D eigenvalue weighted by atomic mass is 10.4. The van der Waals surface area contributed by atoms with Gasteiger partial charge in [-0.25, -0.2) is 4.98 Å². The number of anilines is 1. The SMILES string of the molecule is CCCNC(=O)CSc1ccc(N)c(OC)n1. The van der Waals surface area contributed by atoms with Crippen LogP contribution in [-0.4, -0.2) is 30.3 Å². The van der Waals surface area contributed by atoms with Gasteiger partial charge in [0.2, 0.25) is 11.8 Å². The highest BCUT2D eigenvalue weighted by Gasteiger charge is 2.06. The number of methoxy groups -OCH3 is 1. The summed E-state index contributed by atoms with van der Waals surface area (Å²) in [6.45, 7) is 2.72. The van der Waals surface area contributed by atoms with Crippen LogP contribution in [0.15, 0.2) is 17.2 Å². The van der Waals surface area contributed by atoms with E-state index in [0.29, 0.717) is 23.9 Å². The van der Waals surface area contributed by atoms with Gasteiger partial charge in [-0.05, 0) is 18.6 Å². The summed E-state index contributed by atoms with van der Waals surface area (Å²) in [5.74, 6) is 0.749. The van der Waals surface area contributed by atoms with Gasteiger partial charge >= 0.3 is 0 Å². The van der Waals surface area contributed by atoms with Crippen molar-refractivity contribution in [1.29, 1.82) is 0 Å². The number of nitrogens with one attached hydrogen (secondary N) is 1. The largest absolute Gasteiger partial charge is 0.480 e. The van der Waals surface area contributed by atoms with Crippen LogP contribution in [0.5, 0.6) is 5.88 Å². The predicted octanol–water partition coefficient (Wildman–Crippen LogP) is 1.29. The van der Waals surface area contributed by atoms with Gasteiger partial charge in [-0.15, -0.1) is 0 Å². The fraction of sp³-hybridized carbons (Fsp3) is 0.455. The lowest BCUT2D eigenvalue weighted by Gasteiger charge is -2.06. The zero-order chi connectivity index (χ0) is 12.7. The zero-order valence-corrected chi connectivity index (χ0v) is 10.8. The molecular weight excluding hydrogens is 238 g/mol. The molecule has 0 aliphatic heterocycles. The normalized spacial score (nSPS) is 10.0. The van der Waals surface area contributed by atoms with E-state index in [1.54, 1.807) is 12.1 Å². The maximum absolute atomic E-state index is 11.4. The van der Waals surface area contributed by atoms with Crippen LogP contribution in [0.4, 0.5) is 5.69 Å². The first-order valence-electron chi connectivity index (χ1n) is 5.37. The zero-order valence-electron chi connectivity index (χ0n) is 10.0. The number of ether oxygens (including phenoxy) is 1. The molecule has 1 rings (SSSR count). The summed E-state index contributed by atoms with van der Waals surface area (Å²) in [7, 11) is 1.51. The van der Waals surface area contributed by atoms with Crippen molar-refractivity contribution in [2.24, 2.45) is 0 Å². The molecule has 1 aromatic heterocycles. The van der Waals surface area contributed by atoms with Crippen molar-refractivity contribution >= 4 is 23.4 Å². The van der Waals surface area contributed by atoms with Crippen LogP contribution in [0.3, 0.4) is 0 Å². The van der Waals surface area contributed by atoms with Gasteiger partial charge in [0.15, 0.2) is 0 Å². The summed E-state index contributed by atoms with van der Waals surface area (Å²) in [5.41, 5.74) is 6.14. The quantitative estimate of drug-likeness (QED) is 0.749. The molecule has 0 aromatic carbocycles. The lowest BCUT2D eigenvalue weighted by molar-refractivity contribution is -0.118. The number of amides is 1. The minimum Gasteiger partial charge on any atom is -0.480 e. The van der Waals surface area contributed by atoms with Gasteiger partial charge in [-0.2, -0.15) is 0 Å². The Labute approximate surface area is 105 Å². The number of rotatable bonds is 6. The second-order valence-electron chi connectivity index (χ2n) is 3.39. The average Bonchev–Trinajstić information content (AvgIpc) is 2.35. The molecule has 5 nitrogen and oxygen atoms in total. The Balaban J connectivity index is 2.49. The van der Waals surface area contributed by atoms with Gasteiger partial charge in [0.05, 0.1) is 18.6 Å². The van der Waals surface area contributed by atoms with E-state index < -0.39 is 0 Å².